The average Bonchev–Trinajstić information content (AvgIpc) is 2.78. The molecule has 0 amide bonds. The second-order valence-corrected chi connectivity index (χ2v) is 7.87. The SMILES string of the molecule is CN1CCC(S(=O)(=O)c2cn(C)c3ccccc23)CC1. The van der Waals surface area contributed by atoms with E-state index in [-0.39, 0.29) is 5.25 Å². The third kappa shape index (κ3) is 2.15. The van der Waals surface area contributed by atoms with Gasteiger partial charge in [-0.05, 0) is 39.0 Å². The fourth-order valence-corrected chi connectivity index (χ4v) is 4.98. The lowest BCUT2D eigenvalue weighted by molar-refractivity contribution is 0.278. The van der Waals surface area contributed by atoms with Crippen LogP contribution < -0.4 is 0 Å². The molecule has 1 aromatic carbocycles. The number of rotatable bonds is 2. The molecule has 2 aromatic rings. The van der Waals surface area contributed by atoms with Crippen LogP contribution in [-0.4, -0.2) is 43.3 Å². The summed E-state index contributed by atoms with van der Waals surface area (Å²) in [6, 6.07) is 7.70. The summed E-state index contributed by atoms with van der Waals surface area (Å²) in [7, 11) is 0.702. The maximum atomic E-state index is 12.9. The van der Waals surface area contributed by atoms with E-state index >= 15 is 0 Å². The standard InChI is InChI=1S/C15H20N2O2S/c1-16-9-7-12(8-10-16)20(18,19)15-11-17(2)14-6-4-3-5-13(14)15/h3-6,11-12H,7-10H2,1-2H3. The van der Waals surface area contributed by atoms with E-state index in [9.17, 15) is 8.42 Å². The quantitative estimate of drug-likeness (QED) is 0.851. The molecule has 4 nitrogen and oxygen atoms in total. The van der Waals surface area contributed by atoms with E-state index in [4.69, 9.17) is 0 Å². The molecule has 0 radical (unpaired) electrons. The highest BCUT2D eigenvalue weighted by Gasteiger charge is 2.32. The molecule has 0 bridgehead atoms. The van der Waals surface area contributed by atoms with Gasteiger partial charge in [0.1, 0.15) is 0 Å². The first kappa shape index (κ1) is 13.6. The predicted molar refractivity (Wildman–Crippen MR) is 80.6 cm³/mol. The number of para-hydroxylation sites is 1. The number of aryl methyl sites for hydroxylation is 1. The summed E-state index contributed by atoms with van der Waals surface area (Å²) in [6.45, 7) is 1.71. The van der Waals surface area contributed by atoms with Gasteiger partial charge in [-0.2, -0.15) is 0 Å². The molecule has 0 spiro atoms. The van der Waals surface area contributed by atoms with Crippen molar-refractivity contribution in [3.05, 3.63) is 30.5 Å². The molecule has 0 unspecified atom stereocenters. The Labute approximate surface area is 119 Å². The van der Waals surface area contributed by atoms with E-state index < -0.39 is 9.84 Å². The third-order valence-electron chi connectivity index (χ3n) is 4.27. The molecule has 1 aromatic heterocycles. The van der Waals surface area contributed by atoms with Crippen molar-refractivity contribution in [2.75, 3.05) is 20.1 Å². The van der Waals surface area contributed by atoms with Crippen molar-refractivity contribution in [3.63, 3.8) is 0 Å². The van der Waals surface area contributed by atoms with Gasteiger partial charge >= 0.3 is 0 Å². The van der Waals surface area contributed by atoms with Gasteiger partial charge in [0.25, 0.3) is 0 Å². The van der Waals surface area contributed by atoms with Gasteiger partial charge in [0.2, 0.25) is 0 Å². The zero-order valence-corrected chi connectivity index (χ0v) is 12.7. The lowest BCUT2D eigenvalue weighted by Crippen LogP contribution is -2.37. The van der Waals surface area contributed by atoms with Crippen molar-refractivity contribution in [3.8, 4) is 0 Å². The minimum absolute atomic E-state index is 0.246. The molecule has 108 valence electrons. The molecule has 2 heterocycles. The number of hydrogen-bond donors (Lipinski definition) is 0. The van der Waals surface area contributed by atoms with E-state index in [0.29, 0.717) is 4.90 Å². The monoisotopic (exact) mass is 292 g/mol. The van der Waals surface area contributed by atoms with Gasteiger partial charge < -0.3 is 9.47 Å². The summed E-state index contributed by atoms with van der Waals surface area (Å²) < 4.78 is 27.7. The van der Waals surface area contributed by atoms with E-state index in [0.717, 1.165) is 36.8 Å². The molecule has 0 aliphatic carbocycles. The van der Waals surface area contributed by atoms with Crippen molar-refractivity contribution >= 4 is 20.7 Å². The number of likely N-dealkylation sites (tertiary alicyclic amines) is 1. The maximum absolute atomic E-state index is 12.9. The van der Waals surface area contributed by atoms with Crippen LogP contribution in [0.4, 0.5) is 0 Å². The lowest BCUT2D eigenvalue weighted by Gasteiger charge is -2.28. The van der Waals surface area contributed by atoms with Crippen LogP contribution in [0, 0.1) is 0 Å². The first-order valence-corrected chi connectivity index (χ1v) is 8.51. The Bertz CT molecular complexity index is 725. The largest absolute Gasteiger partial charge is 0.349 e. The molecular weight excluding hydrogens is 272 g/mol. The number of fused-ring (bicyclic) bond motifs is 1. The number of sulfone groups is 1. The first-order chi connectivity index (χ1) is 9.50. The smallest absolute Gasteiger partial charge is 0.183 e. The van der Waals surface area contributed by atoms with Crippen LogP contribution in [0.5, 0.6) is 0 Å². The summed E-state index contributed by atoms with van der Waals surface area (Å²) in [4.78, 5) is 2.68. The Morgan fingerprint density at radius 3 is 2.45 bits per heavy atom. The molecule has 1 aliphatic rings. The molecule has 0 atom stereocenters. The number of aromatic nitrogens is 1. The lowest BCUT2D eigenvalue weighted by atomic mass is 10.1. The zero-order chi connectivity index (χ0) is 14.3. The van der Waals surface area contributed by atoms with Gasteiger partial charge in [-0.3, -0.25) is 0 Å². The molecule has 5 heteroatoms. The molecule has 3 rings (SSSR count). The topological polar surface area (TPSA) is 42.3 Å². The van der Waals surface area contributed by atoms with Gasteiger partial charge in [-0.15, -0.1) is 0 Å². The maximum Gasteiger partial charge on any atom is 0.183 e. The van der Waals surface area contributed by atoms with Crippen LogP contribution in [-0.2, 0) is 16.9 Å². The molecule has 20 heavy (non-hydrogen) atoms. The summed E-state index contributed by atoms with van der Waals surface area (Å²) in [6.07, 6.45) is 3.21. The molecule has 0 N–H and O–H groups in total. The Hall–Kier alpha value is -1.33. The van der Waals surface area contributed by atoms with Crippen LogP contribution >= 0.6 is 0 Å². The van der Waals surface area contributed by atoms with Gasteiger partial charge in [0.15, 0.2) is 9.84 Å². The van der Waals surface area contributed by atoms with Crippen LogP contribution in [0.3, 0.4) is 0 Å². The Morgan fingerprint density at radius 1 is 1.10 bits per heavy atom. The predicted octanol–water partition coefficient (Wildman–Crippen LogP) is 2.05. The minimum atomic E-state index is -3.24. The van der Waals surface area contributed by atoms with E-state index in [2.05, 4.69) is 4.90 Å². The fourth-order valence-electron chi connectivity index (χ4n) is 3.01. The van der Waals surface area contributed by atoms with E-state index in [1.807, 2.05) is 42.9 Å². The van der Waals surface area contributed by atoms with Crippen molar-refractivity contribution in [2.45, 2.75) is 23.0 Å². The number of nitrogens with zero attached hydrogens (tertiary/aromatic N) is 2. The number of benzene rings is 1. The fraction of sp³-hybridized carbons (Fsp3) is 0.467. The van der Waals surface area contributed by atoms with E-state index in [1.165, 1.54) is 0 Å². The van der Waals surface area contributed by atoms with Crippen molar-refractivity contribution in [1.82, 2.24) is 9.47 Å². The summed E-state index contributed by atoms with van der Waals surface area (Å²) >= 11 is 0. The summed E-state index contributed by atoms with van der Waals surface area (Å²) in [5.74, 6) is 0. The number of hydrogen-bond acceptors (Lipinski definition) is 3. The van der Waals surface area contributed by atoms with Crippen LogP contribution in [0.2, 0.25) is 0 Å². The molecular formula is C15H20N2O2S. The highest BCUT2D eigenvalue weighted by atomic mass is 32.2. The van der Waals surface area contributed by atoms with Crippen LogP contribution in [0.15, 0.2) is 35.4 Å². The first-order valence-electron chi connectivity index (χ1n) is 6.96. The van der Waals surface area contributed by atoms with Crippen LogP contribution in [0.25, 0.3) is 10.9 Å². The highest BCUT2D eigenvalue weighted by Crippen LogP contribution is 2.30. The minimum Gasteiger partial charge on any atom is -0.349 e. The molecule has 1 fully saturated rings. The van der Waals surface area contributed by atoms with Gasteiger partial charge in [-0.1, -0.05) is 18.2 Å². The van der Waals surface area contributed by atoms with Crippen molar-refractivity contribution in [2.24, 2.45) is 7.05 Å². The van der Waals surface area contributed by atoms with E-state index in [1.54, 1.807) is 6.20 Å². The molecule has 1 aliphatic heterocycles. The second kappa shape index (κ2) is 4.90. The highest BCUT2D eigenvalue weighted by molar-refractivity contribution is 7.92. The number of piperidine rings is 1. The Morgan fingerprint density at radius 2 is 1.75 bits per heavy atom. The molecule has 1 saturated heterocycles. The Kier molecular flexibility index (Phi) is 3.34. The summed E-state index contributed by atoms with van der Waals surface area (Å²) in [5.41, 5.74) is 0.971. The van der Waals surface area contributed by atoms with Crippen molar-refractivity contribution in [1.29, 1.82) is 0 Å². The van der Waals surface area contributed by atoms with Gasteiger partial charge in [-0.25, -0.2) is 8.42 Å². The van der Waals surface area contributed by atoms with Crippen molar-refractivity contribution < 1.29 is 8.42 Å². The normalized spacial score (nSPS) is 18.7. The third-order valence-corrected chi connectivity index (χ3v) is 6.56. The average molecular weight is 292 g/mol. The zero-order valence-electron chi connectivity index (χ0n) is 11.9. The summed E-state index contributed by atoms with van der Waals surface area (Å²) in [5, 5.41) is 0.596. The van der Waals surface area contributed by atoms with Gasteiger partial charge in [0, 0.05) is 24.1 Å². The van der Waals surface area contributed by atoms with Gasteiger partial charge in [0.05, 0.1) is 10.1 Å². The van der Waals surface area contributed by atoms with Crippen LogP contribution in [0.1, 0.15) is 12.8 Å². The Balaban J connectivity index is 2.06. The second-order valence-electron chi connectivity index (χ2n) is 5.67. The molecule has 0 saturated carbocycles.